The molecule has 122 valence electrons. The SMILES string of the molecule is CC(=O)COCCOCCNC(=O)CCN1C(=O)C=CC1=O. The summed E-state index contributed by atoms with van der Waals surface area (Å²) >= 11 is 0. The van der Waals surface area contributed by atoms with E-state index in [1.807, 2.05) is 0 Å². The summed E-state index contributed by atoms with van der Waals surface area (Å²) in [7, 11) is 0. The monoisotopic (exact) mass is 312 g/mol. The smallest absolute Gasteiger partial charge is 0.253 e. The second-order valence-corrected chi connectivity index (χ2v) is 4.63. The zero-order chi connectivity index (χ0) is 16.4. The van der Waals surface area contributed by atoms with Gasteiger partial charge < -0.3 is 14.8 Å². The zero-order valence-electron chi connectivity index (χ0n) is 12.5. The average Bonchev–Trinajstić information content (AvgIpc) is 2.78. The molecular formula is C14H20N2O6. The number of amides is 3. The summed E-state index contributed by atoms with van der Waals surface area (Å²) < 4.78 is 10.2. The van der Waals surface area contributed by atoms with Crippen LogP contribution in [0.5, 0.6) is 0 Å². The van der Waals surface area contributed by atoms with Gasteiger partial charge in [0.25, 0.3) is 11.8 Å². The molecule has 1 heterocycles. The maximum absolute atomic E-state index is 11.5. The van der Waals surface area contributed by atoms with Crippen molar-refractivity contribution in [3.05, 3.63) is 12.2 Å². The lowest BCUT2D eigenvalue weighted by molar-refractivity contribution is -0.137. The summed E-state index contributed by atoms with van der Waals surface area (Å²) in [6.07, 6.45) is 2.42. The van der Waals surface area contributed by atoms with Crippen LogP contribution in [-0.4, -0.2) is 67.9 Å². The number of nitrogens with zero attached hydrogens (tertiary/aromatic N) is 1. The molecule has 0 aromatic heterocycles. The van der Waals surface area contributed by atoms with Gasteiger partial charge >= 0.3 is 0 Å². The normalized spacial score (nSPS) is 13.8. The van der Waals surface area contributed by atoms with Gasteiger partial charge in [-0.2, -0.15) is 0 Å². The molecule has 0 spiro atoms. The lowest BCUT2D eigenvalue weighted by atomic mass is 10.3. The molecule has 0 fully saturated rings. The third-order valence-corrected chi connectivity index (χ3v) is 2.71. The Morgan fingerprint density at radius 1 is 1.09 bits per heavy atom. The Balaban J connectivity index is 1.97. The van der Waals surface area contributed by atoms with Crippen LogP contribution >= 0.6 is 0 Å². The highest BCUT2D eigenvalue weighted by atomic mass is 16.5. The highest BCUT2D eigenvalue weighted by Crippen LogP contribution is 2.03. The van der Waals surface area contributed by atoms with Gasteiger partial charge in [0.05, 0.1) is 19.8 Å². The first kappa shape index (κ1) is 18.0. The first-order valence-electron chi connectivity index (χ1n) is 6.96. The van der Waals surface area contributed by atoms with Gasteiger partial charge in [0.2, 0.25) is 5.91 Å². The van der Waals surface area contributed by atoms with Crippen molar-refractivity contribution in [1.29, 1.82) is 0 Å². The Morgan fingerprint density at radius 3 is 2.36 bits per heavy atom. The van der Waals surface area contributed by atoms with E-state index >= 15 is 0 Å². The molecule has 0 bridgehead atoms. The third-order valence-electron chi connectivity index (χ3n) is 2.71. The molecule has 3 amide bonds. The molecule has 8 heteroatoms. The molecule has 1 N–H and O–H groups in total. The number of rotatable bonds is 11. The van der Waals surface area contributed by atoms with E-state index in [-0.39, 0.29) is 31.3 Å². The maximum atomic E-state index is 11.5. The molecule has 0 atom stereocenters. The van der Waals surface area contributed by atoms with E-state index in [4.69, 9.17) is 9.47 Å². The van der Waals surface area contributed by atoms with Crippen LogP contribution in [-0.2, 0) is 28.7 Å². The second-order valence-electron chi connectivity index (χ2n) is 4.63. The molecule has 0 radical (unpaired) electrons. The maximum Gasteiger partial charge on any atom is 0.253 e. The quantitative estimate of drug-likeness (QED) is 0.389. The number of carbonyl (C=O) groups is 4. The van der Waals surface area contributed by atoms with Gasteiger partial charge in [0.15, 0.2) is 5.78 Å². The van der Waals surface area contributed by atoms with Crippen LogP contribution in [0.25, 0.3) is 0 Å². The highest BCUT2D eigenvalue weighted by molar-refractivity contribution is 6.13. The van der Waals surface area contributed by atoms with Crippen molar-refractivity contribution in [3.63, 3.8) is 0 Å². The highest BCUT2D eigenvalue weighted by Gasteiger charge is 2.23. The van der Waals surface area contributed by atoms with Crippen molar-refractivity contribution < 1.29 is 28.7 Å². The van der Waals surface area contributed by atoms with Crippen molar-refractivity contribution in [2.75, 3.05) is 39.5 Å². The molecule has 0 saturated carbocycles. The van der Waals surface area contributed by atoms with Gasteiger partial charge in [-0.15, -0.1) is 0 Å². The van der Waals surface area contributed by atoms with Crippen LogP contribution in [0.2, 0.25) is 0 Å². The van der Waals surface area contributed by atoms with Gasteiger partial charge in [0.1, 0.15) is 6.61 Å². The Morgan fingerprint density at radius 2 is 1.73 bits per heavy atom. The molecule has 0 aromatic carbocycles. The van der Waals surface area contributed by atoms with Crippen LogP contribution in [0.3, 0.4) is 0 Å². The van der Waals surface area contributed by atoms with Crippen LogP contribution in [0, 0.1) is 0 Å². The van der Waals surface area contributed by atoms with Crippen LogP contribution < -0.4 is 5.32 Å². The lowest BCUT2D eigenvalue weighted by Gasteiger charge is -2.13. The summed E-state index contributed by atoms with van der Waals surface area (Å²) in [5.41, 5.74) is 0. The number of imide groups is 1. The van der Waals surface area contributed by atoms with E-state index in [9.17, 15) is 19.2 Å². The topological polar surface area (TPSA) is 102 Å². The van der Waals surface area contributed by atoms with E-state index in [1.165, 1.54) is 19.1 Å². The third kappa shape index (κ3) is 7.09. The molecule has 0 unspecified atom stereocenters. The van der Waals surface area contributed by atoms with Crippen molar-refractivity contribution in [1.82, 2.24) is 10.2 Å². The zero-order valence-corrected chi connectivity index (χ0v) is 12.5. The second kappa shape index (κ2) is 9.80. The summed E-state index contributed by atoms with van der Waals surface area (Å²) in [5, 5.41) is 2.62. The fourth-order valence-electron chi connectivity index (χ4n) is 1.65. The molecule has 8 nitrogen and oxygen atoms in total. The number of hydrogen-bond acceptors (Lipinski definition) is 6. The number of ketones is 1. The molecular weight excluding hydrogens is 292 g/mol. The van der Waals surface area contributed by atoms with E-state index in [1.54, 1.807) is 0 Å². The Hall–Kier alpha value is -2.06. The molecule has 0 aliphatic carbocycles. The Labute approximate surface area is 128 Å². The van der Waals surface area contributed by atoms with E-state index in [0.717, 1.165) is 4.90 Å². The van der Waals surface area contributed by atoms with Gasteiger partial charge in [-0.05, 0) is 6.92 Å². The number of hydrogen-bond donors (Lipinski definition) is 1. The number of Topliss-reactive ketones (excluding diaryl/α,β-unsaturated/α-hetero) is 1. The fourth-order valence-corrected chi connectivity index (χ4v) is 1.65. The number of ether oxygens (including phenoxy) is 2. The van der Waals surface area contributed by atoms with Crippen LogP contribution in [0.4, 0.5) is 0 Å². The minimum absolute atomic E-state index is 0.0440. The molecule has 1 aliphatic heterocycles. The fraction of sp³-hybridized carbons (Fsp3) is 0.571. The number of nitrogens with one attached hydrogen (secondary N) is 1. The van der Waals surface area contributed by atoms with Crippen LogP contribution in [0.15, 0.2) is 12.2 Å². The van der Waals surface area contributed by atoms with Crippen molar-refractivity contribution in [2.24, 2.45) is 0 Å². The molecule has 0 saturated heterocycles. The Bertz CT molecular complexity index is 442. The summed E-state index contributed by atoms with van der Waals surface area (Å²) in [6, 6.07) is 0. The predicted molar refractivity (Wildman–Crippen MR) is 75.8 cm³/mol. The first-order chi connectivity index (χ1) is 10.5. The van der Waals surface area contributed by atoms with Crippen molar-refractivity contribution >= 4 is 23.5 Å². The van der Waals surface area contributed by atoms with Crippen molar-refractivity contribution in [2.45, 2.75) is 13.3 Å². The largest absolute Gasteiger partial charge is 0.377 e. The molecule has 22 heavy (non-hydrogen) atoms. The minimum Gasteiger partial charge on any atom is -0.377 e. The van der Waals surface area contributed by atoms with E-state index < -0.39 is 11.8 Å². The van der Waals surface area contributed by atoms with Crippen molar-refractivity contribution in [3.8, 4) is 0 Å². The van der Waals surface area contributed by atoms with Crippen LogP contribution in [0.1, 0.15) is 13.3 Å². The first-order valence-corrected chi connectivity index (χ1v) is 6.96. The van der Waals surface area contributed by atoms with Gasteiger partial charge in [-0.3, -0.25) is 24.1 Å². The van der Waals surface area contributed by atoms with E-state index in [2.05, 4.69) is 5.32 Å². The summed E-state index contributed by atoms with van der Waals surface area (Å²) in [6.45, 7) is 2.88. The molecule has 1 aliphatic rings. The van der Waals surface area contributed by atoms with Gasteiger partial charge in [-0.25, -0.2) is 0 Å². The van der Waals surface area contributed by atoms with E-state index in [0.29, 0.717) is 26.4 Å². The average molecular weight is 312 g/mol. The van der Waals surface area contributed by atoms with Gasteiger partial charge in [-0.1, -0.05) is 0 Å². The molecule has 0 aromatic rings. The summed E-state index contributed by atoms with van der Waals surface area (Å²) in [5.74, 6) is -1.10. The summed E-state index contributed by atoms with van der Waals surface area (Å²) in [4.78, 5) is 45.6. The Kier molecular flexibility index (Phi) is 8.01. The predicted octanol–water partition coefficient (Wildman–Crippen LogP) is -0.960. The lowest BCUT2D eigenvalue weighted by Crippen LogP contribution is -2.35. The minimum atomic E-state index is -0.397. The number of carbonyl (C=O) groups excluding carboxylic acids is 4. The standard InChI is InChI=1S/C14H20N2O6/c1-11(17)10-22-9-8-21-7-5-15-12(18)4-6-16-13(19)2-3-14(16)20/h2-3H,4-10H2,1H3,(H,15,18). The molecule has 1 rings (SSSR count). The van der Waals surface area contributed by atoms with Gasteiger partial charge in [0, 0.05) is 31.7 Å².